The summed E-state index contributed by atoms with van der Waals surface area (Å²) >= 11 is 1.28. The maximum Gasteiger partial charge on any atom is 0.307 e. The fraction of sp³-hybridized carbons (Fsp3) is 0.200. The van der Waals surface area contributed by atoms with Crippen molar-refractivity contribution in [1.82, 2.24) is 10.3 Å². The van der Waals surface area contributed by atoms with Crippen molar-refractivity contribution < 1.29 is 28.2 Å². The summed E-state index contributed by atoms with van der Waals surface area (Å²) in [4.78, 5) is 40.9. The smallest absolute Gasteiger partial charge is 0.307 e. The van der Waals surface area contributed by atoms with Crippen LogP contribution in [0.15, 0.2) is 72.2 Å². The summed E-state index contributed by atoms with van der Waals surface area (Å²) in [6, 6.07) is 17.2. The average molecular weight is 547 g/mol. The number of rotatable bonds is 11. The van der Waals surface area contributed by atoms with Gasteiger partial charge in [0.05, 0.1) is 24.1 Å². The Balaban J connectivity index is 1.34. The molecule has 4 aromatic rings. The van der Waals surface area contributed by atoms with E-state index in [0.717, 1.165) is 16.7 Å². The number of hydrogen-bond donors (Lipinski definition) is 1. The SMILES string of the molecule is COC(=O)CCNC(=O)c1cc(-c2cc(Oc3ccc(CC(=O)Cc4cc(C)ccc4F)cc3)ccn2)cs1. The zero-order valence-corrected chi connectivity index (χ0v) is 22.3. The Kier molecular flexibility index (Phi) is 9.17. The third-order valence-corrected chi connectivity index (χ3v) is 6.77. The third kappa shape index (κ3) is 7.81. The van der Waals surface area contributed by atoms with Crippen molar-refractivity contribution in [2.75, 3.05) is 13.7 Å². The molecule has 0 aliphatic heterocycles. The molecule has 0 radical (unpaired) electrons. The third-order valence-electron chi connectivity index (χ3n) is 5.84. The number of nitrogens with one attached hydrogen (secondary N) is 1. The van der Waals surface area contributed by atoms with Gasteiger partial charge in [-0.25, -0.2) is 4.39 Å². The molecule has 200 valence electrons. The number of hydrogen-bond acceptors (Lipinski definition) is 7. The van der Waals surface area contributed by atoms with E-state index in [0.29, 0.717) is 27.6 Å². The van der Waals surface area contributed by atoms with E-state index < -0.39 is 0 Å². The number of aryl methyl sites for hydroxylation is 1. The number of carbonyl (C=O) groups excluding carboxylic acids is 3. The quantitative estimate of drug-likeness (QED) is 0.243. The van der Waals surface area contributed by atoms with Crippen LogP contribution in [0.4, 0.5) is 4.39 Å². The van der Waals surface area contributed by atoms with Crippen molar-refractivity contribution in [2.24, 2.45) is 0 Å². The molecule has 0 atom stereocenters. The Morgan fingerprint density at radius 1 is 0.974 bits per heavy atom. The van der Waals surface area contributed by atoms with Crippen LogP contribution >= 0.6 is 11.3 Å². The molecule has 0 aliphatic carbocycles. The molecular weight excluding hydrogens is 519 g/mol. The van der Waals surface area contributed by atoms with Crippen molar-refractivity contribution >= 4 is 29.0 Å². The van der Waals surface area contributed by atoms with E-state index in [1.54, 1.807) is 48.7 Å². The van der Waals surface area contributed by atoms with Crippen LogP contribution < -0.4 is 10.1 Å². The number of ether oxygens (including phenoxy) is 2. The lowest BCUT2D eigenvalue weighted by Gasteiger charge is -2.08. The van der Waals surface area contributed by atoms with Crippen LogP contribution in [-0.2, 0) is 27.2 Å². The van der Waals surface area contributed by atoms with Gasteiger partial charge in [0.25, 0.3) is 5.91 Å². The number of ketones is 1. The second-order valence-corrected chi connectivity index (χ2v) is 9.80. The summed E-state index contributed by atoms with van der Waals surface area (Å²) in [6.07, 6.45) is 1.97. The number of thiophene rings is 1. The highest BCUT2D eigenvalue weighted by Crippen LogP contribution is 2.29. The first-order chi connectivity index (χ1) is 18.8. The van der Waals surface area contributed by atoms with Gasteiger partial charge in [-0.1, -0.05) is 29.8 Å². The number of methoxy groups -OCH3 is 1. The molecule has 2 heterocycles. The number of nitrogens with zero attached hydrogens (tertiary/aromatic N) is 1. The van der Waals surface area contributed by atoms with E-state index in [1.807, 2.05) is 24.4 Å². The maximum atomic E-state index is 14.0. The van der Waals surface area contributed by atoms with Crippen molar-refractivity contribution in [2.45, 2.75) is 26.2 Å². The predicted octanol–water partition coefficient (Wildman–Crippen LogP) is 5.70. The molecule has 0 saturated heterocycles. The normalized spacial score (nSPS) is 10.6. The second-order valence-electron chi connectivity index (χ2n) is 8.89. The van der Waals surface area contributed by atoms with E-state index in [2.05, 4.69) is 15.0 Å². The van der Waals surface area contributed by atoms with Crippen LogP contribution in [0.5, 0.6) is 11.5 Å². The Hall–Kier alpha value is -4.37. The van der Waals surface area contributed by atoms with Crippen molar-refractivity contribution in [3.8, 4) is 22.8 Å². The minimum atomic E-state index is -0.388. The maximum absolute atomic E-state index is 14.0. The Bertz CT molecular complexity index is 1480. The summed E-state index contributed by atoms with van der Waals surface area (Å²) in [5.41, 5.74) is 3.54. The molecule has 39 heavy (non-hydrogen) atoms. The van der Waals surface area contributed by atoms with Gasteiger partial charge in [0, 0.05) is 42.6 Å². The van der Waals surface area contributed by atoms with Crippen LogP contribution in [0, 0.1) is 12.7 Å². The largest absolute Gasteiger partial charge is 0.469 e. The van der Waals surface area contributed by atoms with Gasteiger partial charge in [0.15, 0.2) is 0 Å². The van der Waals surface area contributed by atoms with E-state index >= 15 is 0 Å². The highest BCUT2D eigenvalue weighted by molar-refractivity contribution is 7.12. The fourth-order valence-electron chi connectivity index (χ4n) is 3.84. The lowest BCUT2D eigenvalue weighted by molar-refractivity contribution is -0.140. The summed E-state index contributed by atoms with van der Waals surface area (Å²) in [7, 11) is 1.30. The molecule has 1 N–H and O–H groups in total. The Morgan fingerprint density at radius 2 is 1.77 bits per heavy atom. The molecule has 2 aromatic carbocycles. The summed E-state index contributed by atoms with van der Waals surface area (Å²) in [6.45, 7) is 2.06. The van der Waals surface area contributed by atoms with Gasteiger partial charge in [0.2, 0.25) is 0 Å². The predicted molar refractivity (Wildman–Crippen MR) is 147 cm³/mol. The molecule has 1 amide bonds. The van der Waals surface area contributed by atoms with Gasteiger partial charge in [-0.15, -0.1) is 11.3 Å². The topological polar surface area (TPSA) is 94.6 Å². The molecule has 7 nitrogen and oxygen atoms in total. The molecular formula is C30H27FN2O5S. The lowest BCUT2D eigenvalue weighted by atomic mass is 10.0. The molecule has 0 aliphatic rings. The van der Waals surface area contributed by atoms with Gasteiger partial charge >= 0.3 is 5.97 Å². The minimum Gasteiger partial charge on any atom is -0.469 e. The van der Waals surface area contributed by atoms with Gasteiger partial charge in [0.1, 0.15) is 23.1 Å². The van der Waals surface area contributed by atoms with Gasteiger partial charge in [-0.2, -0.15) is 0 Å². The number of carbonyl (C=O) groups is 3. The standard InChI is InChI=1S/C30H27FN2O5S/c1-19-3-8-26(31)21(13-19)15-23(34)14-20-4-6-24(7-5-20)38-25-9-11-32-27(17-25)22-16-28(39-18-22)30(36)33-12-10-29(35)37-2/h3-9,11,13,16-18H,10,12,14-15H2,1-2H3,(H,33,36). The first-order valence-corrected chi connectivity index (χ1v) is 13.1. The van der Waals surface area contributed by atoms with Gasteiger partial charge < -0.3 is 14.8 Å². The first kappa shape index (κ1) is 27.7. The van der Waals surface area contributed by atoms with Crippen LogP contribution in [0.1, 0.15) is 32.8 Å². The van der Waals surface area contributed by atoms with Crippen molar-refractivity contribution in [3.05, 3.63) is 99.6 Å². The minimum absolute atomic E-state index is 0.0466. The van der Waals surface area contributed by atoms with Crippen molar-refractivity contribution in [3.63, 3.8) is 0 Å². The molecule has 0 bridgehead atoms. The number of pyridine rings is 1. The van der Waals surface area contributed by atoms with Crippen LogP contribution in [0.2, 0.25) is 0 Å². The lowest BCUT2D eigenvalue weighted by Crippen LogP contribution is -2.25. The second kappa shape index (κ2) is 12.9. The average Bonchev–Trinajstić information content (AvgIpc) is 3.42. The van der Waals surface area contributed by atoms with E-state index in [-0.39, 0.29) is 49.3 Å². The van der Waals surface area contributed by atoms with Crippen LogP contribution in [0.3, 0.4) is 0 Å². The van der Waals surface area contributed by atoms with Gasteiger partial charge in [-0.05, 0) is 48.4 Å². The molecule has 0 spiro atoms. The molecule has 2 aromatic heterocycles. The van der Waals surface area contributed by atoms with Crippen LogP contribution in [0.25, 0.3) is 11.3 Å². The zero-order chi connectivity index (χ0) is 27.8. The first-order valence-electron chi connectivity index (χ1n) is 12.2. The molecule has 4 rings (SSSR count). The fourth-order valence-corrected chi connectivity index (χ4v) is 4.66. The van der Waals surface area contributed by atoms with Crippen LogP contribution in [-0.4, -0.2) is 36.3 Å². The van der Waals surface area contributed by atoms with E-state index in [9.17, 15) is 18.8 Å². The van der Waals surface area contributed by atoms with Gasteiger partial charge in [-0.3, -0.25) is 19.4 Å². The highest BCUT2D eigenvalue weighted by atomic mass is 32.1. The number of Topliss-reactive ketones (excluding diaryl/α,β-unsaturated/α-hetero) is 1. The number of halogens is 1. The molecule has 0 fully saturated rings. The number of esters is 1. The van der Waals surface area contributed by atoms with E-state index in [4.69, 9.17) is 4.74 Å². The summed E-state index contributed by atoms with van der Waals surface area (Å²) < 4.78 is 24.5. The zero-order valence-electron chi connectivity index (χ0n) is 21.5. The monoisotopic (exact) mass is 546 g/mol. The molecule has 0 unspecified atom stereocenters. The highest BCUT2D eigenvalue weighted by Gasteiger charge is 2.13. The Morgan fingerprint density at radius 3 is 2.54 bits per heavy atom. The molecule has 9 heteroatoms. The number of benzene rings is 2. The van der Waals surface area contributed by atoms with E-state index in [1.165, 1.54) is 24.5 Å². The Labute approximate surface area is 229 Å². The number of amides is 1. The summed E-state index contributed by atoms with van der Waals surface area (Å²) in [5, 5.41) is 4.52. The summed E-state index contributed by atoms with van der Waals surface area (Å²) in [5.74, 6) is 0.0515. The number of aromatic nitrogens is 1. The molecule has 0 saturated carbocycles. The van der Waals surface area contributed by atoms with Crippen molar-refractivity contribution in [1.29, 1.82) is 0 Å².